The quantitative estimate of drug-likeness (QED) is 0.411. The highest BCUT2D eigenvalue weighted by Crippen LogP contribution is 2.29. The summed E-state index contributed by atoms with van der Waals surface area (Å²) in [6.07, 6.45) is -1.20. The first-order valence-electron chi connectivity index (χ1n) is 5.90. The molecule has 0 fully saturated rings. The molecule has 0 heterocycles. The molecule has 1 rings (SSSR count). The number of amides is 1. The summed E-state index contributed by atoms with van der Waals surface area (Å²) >= 11 is 22.2. The number of benzene rings is 1. The Balaban J connectivity index is 2.67. The van der Waals surface area contributed by atoms with Crippen LogP contribution >= 0.6 is 47.0 Å². The highest BCUT2D eigenvalue weighted by molar-refractivity contribution is 7.80. The molecule has 1 amide bonds. The standard InChI is InChI=1S/C12H13Cl3FN3O2S/c1-21-8-4-2-7(3-5-8)17-11(22)19-10(12(13,14)15)18-9(20)6-16/h2-5,10H,6H2,1H3,(H,18,20)(H2,17,19,22)/t10-/m1/s1. The van der Waals surface area contributed by atoms with Gasteiger partial charge in [-0.15, -0.1) is 0 Å². The molecule has 5 nitrogen and oxygen atoms in total. The second kappa shape index (κ2) is 8.57. The van der Waals surface area contributed by atoms with E-state index in [4.69, 9.17) is 51.8 Å². The van der Waals surface area contributed by atoms with Crippen molar-refractivity contribution < 1.29 is 13.9 Å². The molecule has 0 bridgehead atoms. The summed E-state index contributed by atoms with van der Waals surface area (Å²) in [4.78, 5) is 11.1. The van der Waals surface area contributed by atoms with Crippen LogP contribution in [-0.4, -0.2) is 34.8 Å². The predicted octanol–water partition coefficient (Wildman–Crippen LogP) is 2.76. The van der Waals surface area contributed by atoms with E-state index in [-0.39, 0.29) is 5.11 Å². The molecule has 1 aromatic rings. The molecule has 0 saturated carbocycles. The minimum absolute atomic E-state index is 0.0839. The smallest absolute Gasteiger partial charge is 0.253 e. The SMILES string of the molecule is COc1ccc(NC(=S)N[C@@H](NC(=O)CF)C(Cl)(Cl)Cl)cc1. The molecular weight excluding hydrogens is 376 g/mol. The van der Waals surface area contributed by atoms with E-state index in [9.17, 15) is 9.18 Å². The van der Waals surface area contributed by atoms with Crippen LogP contribution in [0.3, 0.4) is 0 Å². The van der Waals surface area contributed by atoms with Gasteiger partial charge in [-0.1, -0.05) is 34.8 Å². The van der Waals surface area contributed by atoms with Crippen molar-refractivity contribution in [2.24, 2.45) is 0 Å². The molecule has 22 heavy (non-hydrogen) atoms. The Hall–Kier alpha value is -1.02. The normalized spacial score (nSPS) is 12.2. The zero-order valence-corrected chi connectivity index (χ0v) is 14.4. The van der Waals surface area contributed by atoms with E-state index < -0.39 is 22.5 Å². The maximum atomic E-state index is 12.3. The first-order valence-corrected chi connectivity index (χ1v) is 7.44. The maximum Gasteiger partial charge on any atom is 0.253 e. The first kappa shape index (κ1) is 19.0. The van der Waals surface area contributed by atoms with Crippen molar-refractivity contribution in [1.29, 1.82) is 0 Å². The molecule has 0 radical (unpaired) electrons. The molecular formula is C12H13Cl3FN3O2S. The van der Waals surface area contributed by atoms with Crippen molar-refractivity contribution in [3.8, 4) is 5.75 Å². The van der Waals surface area contributed by atoms with Crippen molar-refractivity contribution in [3.05, 3.63) is 24.3 Å². The highest BCUT2D eigenvalue weighted by Gasteiger charge is 2.34. The molecule has 0 spiro atoms. The van der Waals surface area contributed by atoms with Crippen LogP contribution < -0.4 is 20.7 Å². The molecule has 122 valence electrons. The van der Waals surface area contributed by atoms with Crippen molar-refractivity contribution in [2.75, 3.05) is 19.1 Å². The van der Waals surface area contributed by atoms with Crippen LogP contribution in [0.2, 0.25) is 0 Å². The maximum absolute atomic E-state index is 12.3. The first-order chi connectivity index (χ1) is 10.3. The van der Waals surface area contributed by atoms with Crippen molar-refractivity contribution in [2.45, 2.75) is 9.96 Å². The molecule has 0 aliphatic carbocycles. The van der Waals surface area contributed by atoms with Gasteiger partial charge in [0.25, 0.3) is 5.91 Å². The van der Waals surface area contributed by atoms with Crippen LogP contribution in [0.5, 0.6) is 5.75 Å². The van der Waals surface area contributed by atoms with Gasteiger partial charge < -0.3 is 20.7 Å². The number of thiocarbonyl (C=S) groups is 1. The van der Waals surface area contributed by atoms with Crippen LogP contribution in [-0.2, 0) is 4.79 Å². The van der Waals surface area contributed by atoms with E-state index in [1.807, 2.05) is 0 Å². The lowest BCUT2D eigenvalue weighted by Crippen LogP contribution is -2.56. The number of carbonyl (C=O) groups excluding carboxylic acids is 1. The largest absolute Gasteiger partial charge is 0.497 e. The van der Waals surface area contributed by atoms with E-state index in [0.29, 0.717) is 11.4 Å². The van der Waals surface area contributed by atoms with Crippen LogP contribution in [0, 0.1) is 0 Å². The third-order valence-electron chi connectivity index (χ3n) is 2.38. The van der Waals surface area contributed by atoms with Crippen molar-refractivity contribution in [3.63, 3.8) is 0 Å². The molecule has 0 unspecified atom stereocenters. The second-order valence-corrected chi connectivity index (χ2v) is 6.78. The number of rotatable bonds is 5. The monoisotopic (exact) mass is 387 g/mol. The van der Waals surface area contributed by atoms with Gasteiger partial charge in [0.2, 0.25) is 3.79 Å². The summed E-state index contributed by atoms with van der Waals surface area (Å²) in [7, 11) is 1.55. The number of nitrogens with one attached hydrogen (secondary N) is 3. The minimum atomic E-state index is -1.92. The molecule has 1 atom stereocenters. The van der Waals surface area contributed by atoms with Gasteiger partial charge in [0.1, 0.15) is 11.9 Å². The highest BCUT2D eigenvalue weighted by atomic mass is 35.6. The van der Waals surface area contributed by atoms with Gasteiger partial charge >= 0.3 is 0 Å². The molecule has 10 heteroatoms. The van der Waals surface area contributed by atoms with E-state index in [1.165, 1.54) is 0 Å². The number of alkyl halides is 4. The van der Waals surface area contributed by atoms with Gasteiger partial charge in [-0.25, -0.2) is 4.39 Å². The van der Waals surface area contributed by atoms with Crippen LogP contribution in [0.15, 0.2) is 24.3 Å². The minimum Gasteiger partial charge on any atom is -0.497 e. The fourth-order valence-electron chi connectivity index (χ4n) is 1.37. The van der Waals surface area contributed by atoms with Crippen LogP contribution in [0.1, 0.15) is 0 Å². The molecule has 0 saturated heterocycles. The summed E-state index contributed by atoms with van der Waals surface area (Å²) < 4.78 is 15.4. The number of anilines is 1. The van der Waals surface area contributed by atoms with Crippen molar-refractivity contribution in [1.82, 2.24) is 10.6 Å². The zero-order chi connectivity index (χ0) is 16.8. The van der Waals surface area contributed by atoms with Gasteiger partial charge in [-0.05, 0) is 36.5 Å². The number of carbonyl (C=O) groups is 1. The average molecular weight is 389 g/mol. The molecule has 0 aliphatic heterocycles. The lowest BCUT2D eigenvalue weighted by Gasteiger charge is -2.27. The second-order valence-electron chi connectivity index (χ2n) is 4.00. The Labute approximate surface area is 147 Å². The molecule has 3 N–H and O–H groups in total. The summed E-state index contributed by atoms with van der Waals surface area (Å²) in [5, 5.41) is 7.68. The Morgan fingerprint density at radius 3 is 2.36 bits per heavy atom. The van der Waals surface area contributed by atoms with Gasteiger partial charge in [0.05, 0.1) is 7.11 Å². The van der Waals surface area contributed by atoms with E-state index >= 15 is 0 Å². The predicted molar refractivity (Wildman–Crippen MR) is 90.5 cm³/mol. The lowest BCUT2D eigenvalue weighted by atomic mass is 10.3. The topological polar surface area (TPSA) is 62.4 Å². The van der Waals surface area contributed by atoms with E-state index in [1.54, 1.807) is 31.4 Å². The van der Waals surface area contributed by atoms with Crippen LogP contribution in [0.25, 0.3) is 0 Å². The zero-order valence-electron chi connectivity index (χ0n) is 11.3. The number of hydrogen-bond donors (Lipinski definition) is 3. The fraction of sp³-hybridized carbons (Fsp3) is 0.333. The average Bonchev–Trinajstić information content (AvgIpc) is 2.46. The van der Waals surface area contributed by atoms with Gasteiger partial charge in [-0.3, -0.25) is 4.79 Å². The van der Waals surface area contributed by atoms with Crippen LogP contribution in [0.4, 0.5) is 10.1 Å². The van der Waals surface area contributed by atoms with Gasteiger partial charge in [0.15, 0.2) is 11.8 Å². The van der Waals surface area contributed by atoms with Gasteiger partial charge in [0, 0.05) is 5.69 Å². The third-order valence-corrected chi connectivity index (χ3v) is 3.25. The fourth-order valence-corrected chi connectivity index (χ4v) is 1.93. The number of methoxy groups -OCH3 is 1. The molecule has 0 aromatic heterocycles. The molecule has 1 aromatic carbocycles. The Morgan fingerprint density at radius 1 is 1.32 bits per heavy atom. The Morgan fingerprint density at radius 2 is 1.91 bits per heavy atom. The van der Waals surface area contributed by atoms with E-state index in [0.717, 1.165) is 0 Å². The molecule has 0 aliphatic rings. The lowest BCUT2D eigenvalue weighted by molar-refractivity contribution is -0.122. The van der Waals surface area contributed by atoms with E-state index in [2.05, 4.69) is 16.0 Å². The summed E-state index contributed by atoms with van der Waals surface area (Å²) in [5.41, 5.74) is 0.651. The Bertz CT molecular complexity index is 525. The van der Waals surface area contributed by atoms with Gasteiger partial charge in [-0.2, -0.15) is 0 Å². The summed E-state index contributed by atoms with van der Waals surface area (Å²) in [6, 6.07) is 6.89. The number of halogens is 4. The number of ether oxygens (including phenoxy) is 1. The Kier molecular flexibility index (Phi) is 7.41. The summed E-state index contributed by atoms with van der Waals surface area (Å²) in [6.45, 7) is -1.24. The summed E-state index contributed by atoms with van der Waals surface area (Å²) in [5.74, 6) is -0.255. The number of hydrogen-bond acceptors (Lipinski definition) is 3. The third kappa shape index (κ3) is 6.39. The van der Waals surface area contributed by atoms with Crippen molar-refractivity contribution >= 4 is 63.7 Å².